The van der Waals surface area contributed by atoms with Crippen molar-refractivity contribution < 1.29 is 9.53 Å². The Morgan fingerprint density at radius 2 is 1.86 bits per heavy atom. The van der Waals surface area contributed by atoms with Crippen LogP contribution in [-0.2, 0) is 10.3 Å². The normalized spacial score (nSPS) is 23.2. The molecule has 1 fully saturated rings. The molecule has 21 heavy (non-hydrogen) atoms. The molecule has 0 saturated carbocycles. The summed E-state index contributed by atoms with van der Waals surface area (Å²) in [5.41, 5.74) is 0.0967. The van der Waals surface area contributed by atoms with Crippen LogP contribution >= 0.6 is 0 Å². The first-order valence-corrected chi connectivity index (χ1v) is 6.71. The van der Waals surface area contributed by atoms with E-state index in [0.29, 0.717) is 5.96 Å². The number of aliphatic imine (C=N–C) groups is 1. The lowest BCUT2D eigenvalue weighted by Crippen LogP contribution is -2.40. The van der Waals surface area contributed by atoms with Gasteiger partial charge in [-0.25, -0.2) is 0 Å². The van der Waals surface area contributed by atoms with Crippen LogP contribution in [0.1, 0.15) is 12.5 Å². The number of hydrogen-bond acceptors (Lipinski definition) is 3. The number of carbonyl (C=O) groups is 1. The van der Waals surface area contributed by atoms with Gasteiger partial charge >= 0.3 is 0 Å². The van der Waals surface area contributed by atoms with Gasteiger partial charge in [0.25, 0.3) is 5.91 Å². The van der Waals surface area contributed by atoms with E-state index in [4.69, 9.17) is 4.74 Å². The van der Waals surface area contributed by atoms with Gasteiger partial charge in [0, 0.05) is 7.05 Å². The van der Waals surface area contributed by atoms with Crippen LogP contribution in [0.5, 0.6) is 5.75 Å². The van der Waals surface area contributed by atoms with E-state index < -0.39 is 5.54 Å². The average Bonchev–Trinajstić information content (AvgIpc) is 2.82. The maximum absolute atomic E-state index is 12.2. The Kier molecular flexibility index (Phi) is 3.05. The quantitative estimate of drug-likeness (QED) is 0.883. The van der Waals surface area contributed by atoms with E-state index >= 15 is 0 Å². The Morgan fingerprint density at radius 1 is 1.14 bits per heavy atom. The third-order valence-corrected chi connectivity index (χ3v) is 3.90. The summed E-state index contributed by atoms with van der Waals surface area (Å²) in [5, 5.41) is 8.01. The summed E-state index contributed by atoms with van der Waals surface area (Å²) in [5.74, 6) is 1.21. The van der Waals surface area contributed by atoms with Gasteiger partial charge in [-0.3, -0.25) is 15.1 Å². The molecule has 1 saturated heterocycles. The van der Waals surface area contributed by atoms with Crippen LogP contribution in [-0.4, -0.2) is 26.0 Å². The largest absolute Gasteiger partial charge is 0.497 e. The lowest BCUT2D eigenvalue weighted by molar-refractivity contribution is -0.123. The van der Waals surface area contributed by atoms with Crippen molar-refractivity contribution in [1.82, 2.24) is 10.6 Å². The fraction of sp³-hybridized carbons (Fsp3) is 0.250. The van der Waals surface area contributed by atoms with Gasteiger partial charge in [0.05, 0.1) is 7.11 Å². The van der Waals surface area contributed by atoms with Crippen molar-refractivity contribution in [1.29, 1.82) is 0 Å². The van der Waals surface area contributed by atoms with Crippen LogP contribution in [0.15, 0.2) is 41.4 Å². The molecule has 2 aromatic rings. The van der Waals surface area contributed by atoms with Gasteiger partial charge < -0.3 is 10.1 Å². The molecular weight excluding hydrogens is 266 g/mol. The summed E-state index contributed by atoms with van der Waals surface area (Å²) in [7, 11) is 3.29. The Morgan fingerprint density at radius 3 is 2.52 bits per heavy atom. The standard InChI is InChI=1S/C16H17N3O2/c1-16(14(20)18-15(17-2)19-16)12-6-4-11-9-13(21-3)7-5-10(11)8-12/h4-9H,1-3H3,(H2,17,18,19,20). The number of fused-ring (bicyclic) bond motifs is 1. The maximum atomic E-state index is 12.2. The number of nitrogens with one attached hydrogen (secondary N) is 2. The summed E-state index contributed by atoms with van der Waals surface area (Å²) in [6.07, 6.45) is 0. The highest BCUT2D eigenvalue weighted by Crippen LogP contribution is 2.29. The lowest BCUT2D eigenvalue weighted by Gasteiger charge is -2.22. The van der Waals surface area contributed by atoms with Gasteiger partial charge in [-0.05, 0) is 41.5 Å². The molecule has 1 unspecified atom stereocenters. The molecule has 5 heteroatoms. The van der Waals surface area contributed by atoms with E-state index in [-0.39, 0.29) is 5.91 Å². The number of methoxy groups -OCH3 is 1. The van der Waals surface area contributed by atoms with E-state index in [1.54, 1.807) is 14.2 Å². The van der Waals surface area contributed by atoms with Gasteiger partial charge in [0.15, 0.2) is 5.96 Å². The van der Waals surface area contributed by atoms with Crippen LogP contribution in [0.3, 0.4) is 0 Å². The Hall–Kier alpha value is -2.56. The minimum absolute atomic E-state index is 0.101. The molecule has 108 valence electrons. The zero-order valence-electron chi connectivity index (χ0n) is 12.2. The third kappa shape index (κ3) is 2.11. The molecule has 1 atom stereocenters. The number of rotatable bonds is 2. The topological polar surface area (TPSA) is 62.7 Å². The van der Waals surface area contributed by atoms with E-state index in [2.05, 4.69) is 15.6 Å². The van der Waals surface area contributed by atoms with Gasteiger partial charge in [-0.15, -0.1) is 0 Å². The van der Waals surface area contributed by atoms with Crippen LogP contribution < -0.4 is 15.4 Å². The second-order valence-electron chi connectivity index (χ2n) is 5.20. The average molecular weight is 283 g/mol. The molecule has 0 aromatic heterocycles. The summed E-state index contributed by atoms with van der Waals surface area (Å²) in [4.78, 5) is 16.2. The molecule has 1 aliphatic heterocycles. The molecular formula is C16H17N3O2. The van der Waals surface area contributed by atoms with E-state index in [1.807, 2.05) is 43.3 Å². The van der Waals surface area contributed by atoms with E-state index in [0.717, 1.165) is 22.1 Å². The van der Waals surface area contributed by atoms with Crippen LogP contribution in [0.2, 0.25) is 0 Å². The summed E-state index contributed by atoms with van der Waals surface area (Å²) in [6.45, 7) is 1.85. The number of nitrogens with zero attached hydrogens (tertiary/aromatic N) is 1. The highest BCUT2D eigenvalue weighted by molar-refractivity contribution is 6.09. The summed E-state index contributed by atoms with van der Waals surface area (Å²) >= 11 is 0. The Balaban J connectivity index is 2.07. The van der Waals surface area contributed by atoms with Crippen molar-refractivity contribution in [2.24, 2.45) is 4.99 Å². The smallest absolute Gasteiger partial charge is 0.256 e. The molecule has 1 aliphatic rings. The monoisotopic (exact) mass is 283 g/mol. The first-order chi connectivity index (χ1) is 10.1. The second kappa shape index (κ2) is 4.77. The van der Waals surface area contributed by atoms with Gasteiger partial charge in [-0.1, -0.05) is 18.2 Å². The van der Waals surface area contributed by atoms with Crippen LogP contribution in [0, 0.1) is 0 Å². The highest BCUT2D eigenvalue weighted by Gasteiger charge is 2.42. The second-order valence-corrected chi connectivity index (χ2v) is 5.20. The molecule has 3 rings (SSSR count). The Labute approximate surface area is 123 Å². The first-order valence-electron chi connectivity index (χ1n) is 6.71. The van der Waals surface area contributed by atoms with Crippen LogP contribution in [0.4, 0.5) is 0 Å². The molecule has 0 aliphatic carbocycles. The minimum Gasteiger partial charge on any atom is -0.497 e. The molecule has 2 N–H and O–H groups in total. The van der Waals surface area contributed by atoms with Gasteiger partial charge in [0.1, 0.15) is 11.3 Å². The van der Waals surface area contributed by atoms with Gasteiger partial charge in [-0.2, -0.15) is 0 Å². The summed E-state index contributed by atoms with van der Waals surface area (Å²) < 4.78 is 5.23. The van der Waals surface area contributed by atoms with Gasteiger partial charge in [0.2, 0.25) is 0 Å². The molecule has 5 nitrogen and oxygen atoms in total. The van der Waals surface area contributed by atoms with E-state index in [1.165, 1.54) is 0 Å². The third-order valence-electron chi connectivity index (χ3n) is 3.90. The predicted octanol–water partition coefficient (Wildman–Crippen LogP) is 1.77. The van der Waals surface area contributed by atoms with Crippen LogP contribution in [0.25, 0.3) is 10.8 Å². The first kappa shape index (κ1) is 13.4. The zero-order chi connectivity index (χ0) is 15.0. The SMILES string of the molecule is CN=C1NC(=O)C(C)(c2ccc3cc(OC)ccc3c2)N1. The van der Waals surface area contributed by atoms with Crippen molar-refractivity contribution in [3.05, 3.63) is 42.0 Å². The highest BCUT2D eigenvalue weighted by atomic mass is 16.5. The number of ether oxygens (including phenoxy) is 1. The Bertz CT molecular complexity index is 754. The molecule has 1 heterocycles. The molecule has 2 aromatic carbocycles. The van der Waals surface area contributed by atoms with Crippen molar-refractivity contribution in [2.45, 2.75) is 12.5 Å². The maximum Gasteiger partial charge on any atom is 0.256 e. The number of guanidine groups is 1. The molecule has 0 radical (unpaired) electrons. The fourth-order valence-corrected chi connectivity index (χ4v) is 2.53. The molecule has 0 spiro atoms. The zero-order valence-corrected chi connectivity index (χ0v) is 12.2. The fourth-order valence-electron chi connectivity index (χ4n) is 2.53. The number of hydrogen-bond donors (Lipinski definition) is 2. The van der Waals surface area contributed by atoms with Crippen molar-refractivity contribution in [3.63, 3.8) is 0 Å². The summed E-state index contributed by atoms with van der Waals surface area (Å²) in [6, 6.07) is 11.8. The van der Waals surface area contributed by atoms with Crippen molar-refractivity contribution in [2.75, 3.05) is 14.2 Å². The minimum atomic E-state index is -0.803. The van der Waals surface area contributed by atoms with E-state index in [9.17, 15) is 4.79 Å². The number of carbonyl (C=O) groups excluding carboxylic acids is 1. The lowest BCUT2D eigenvalue weighted by atomic mass is 9.90. The number of amides is 1. The number of benzene rings is 2. The van der Waals surface area contributed by atoms with Crippen molar-refractivity contribution in [3.8, 4) is 5.75 Å². The molecule has 0 bridgehead atoms. The molecule has 1 amide bonds. The van der Waals surface area contributed by atoms with Crippen molar-refractivity contribution >= 4 is 22.6 Å². The predicted molar refractivity (Wildman–Crippen MR) is 82.5 cm³/mol.